The normalized spacial score (nSPS) is 18.8. The van der Waals surface area contributed by atoms with Crippen molar-refractivity contribution >= 4 is 45.2 Å². The Kier molecular flexibility index (Phi) is 6.92. The van der Waals surface area contributed by atoms with E-state index in [0.29, 0.717) is 17.4 Å². The van der Waals surface area contributed by atoms with E-state index < -0.39 is 5.97 Å². The Morgan fingerprint density at radius 3 is 2.52 bits per heavy atom. The van der Waals surface area contributed by atoms with E-state index in [4.69, 9.17) is 4.74 Å². The molecule has 1 aromatic heterocycles. The molecule has 4 rings (SSSR count). The SMILES string of the molecule is CC1CC(C)CN(C(=O)COC(=O)c2ccc(CSc3nc4ccccc4s3)cc2)C1. The van der Waals surface area contributed by atoms with Crippen molar-refractivity contribution in [3.63, 3.8) is 0 Å². The Bertz CT molecular complexity index is 1020. The standard InChI is InChI=1S/C24H26N2O3S2/c1-16-11-17(2)13-26(12-16)22(27)14-29-23(28)19-9-7-18(8-10-19)15-30-24-25-20-5-3-4-6-21(20)31-24/h3-10,16-17H,11-15H2,1-2H3. The number of esters is 1. The molecule has 1 amide bonds. The first-order valence-corrected chi connectivity index (χ1v) is 12.3. The second kappa shape index (κ2) is 9.83. The van der Waals surface area contributed by atoms with Crippen molar-refractivity contribution in [2.45, 2.75) is 30.4 Å². The molecule has 2 atom stereocenters. The van der Waals surface area contributed by atoms with Gasteiger partial charge < -0.3 is 9.64 Å². The molecule has 0 saturated carbocycles. The van der Waals surface area contributed by atoms with Crippen LogP contribution in [0.1, 0.15) is 36.2 Å². The number of aromatic nitrogens is 1. The summed E-state index contributed by atoms with van der Waals surface area (Å²) in [6.07, 6.45) is 1.13. The second-order valence-electron chi connectivity index (χ2n) is 8.25. The van der Waals surface area contributed by atoms with Gasteiger partial charge in [0, 0.05) is 18.8 Å². The predicted molar refractivity (Wildman–Crippen MR) is 125 cm³/mol. The van der Waals surface area contributed by atoms with Crippen molar-refractivity contribution in [3.05, 3.63) is 59.7 Å². The number of fused-ring (bicyclic) bond motifs is 1. The van der Waals surface area contributed by atoms with Crippen molar-refractivity contribution in [2.24, 2.45) is 11.8 Å². The molecular formula is C24H26N2O3S2. The van der Waals surface area contributed by atoms with Gasteiger partial charge in [-0.2, -0.15) is 0 Å². The van der Waals surface area contributed by atoms with Crippen molar-refractivity contribution in [1.29, 1.82) is 0 Å². The molecule has 0 spiro atoms. The number of thiazole rings is 1. The Morgan fingerprint density at radius 1 is 1.10 bits per heavy atom. The van der Waals surface area contributed by atoms with E-state index in [1.807, 2.05) is 35.2 Å². The maximum Gasteiger partial charge on any atom is 0.338 e. The number of carbonyl (C=O) groups excluding carboxylic acids is 2. The molecule has 7 heteroatoms. The van der Waals surface area contributed by atoms with Gasteiger partial charge in [-0.3, -0.25) is 4.79 Å². The first kappa shape index (κ1) is 21.8. The van der Waals surface area contributed by atoms with E-state index in [9.17, 15) is 9.59 Å². The molecule has 0 N–H and O–H groups in total. The van der Waals surface area contributed by atoms with Crippen LogP contribution in [0.3, 0.4) is 0 Å². The quantitative estimate of drug-likeness (QED) is 0.376. The van der Waals surface area contributed by atoms with Gasteiger partial charge in [-0.1, -0.05) is 49.9 Å². The minimum absolute atomic E-state index is 0.115. The number of benzene rings is 2. The summed E-state index contributed by atoms with van der Waals surface area (Å²) in [6, 6.07) is 15.5. The van der Waals surface area contributed by atoms with Crippen LogP contribution in [0.15, 0.2) is 52.9 Å². The lowest BCUT2D eigenvalue weighted by Gasteiger charge is -2.34. The van der Waals surface area contributed by atoms with Gasteiger partial charge in [0.25, 0.3) is 5.91 Å². The van der Waals surface area contributed by atoms with Gasteiger partial charge >= 0.3 is 5.97 Å². The third-order valence-electron chi connectivity index (χ3n) is 5.37. The predicted octanol–water partition coefficient (Wildman–Crippen LogP) is 5.25. The number of hydrogen-bond acceptors (Lipinski definition) is 6. The molecule has 3 aromatic rings. The van der Waals surface area contributed by atoms with E-state index in [0.717, 1.165) is 40.7 Å². The molecule has 5 nitrogen and oxygen atoms in total. The number of nitrogens with zero attached hydrogens (tertiary/aromatic N) is 2. The Morgan fingerprint density at radius 2 is 1.81 bits per heavy atom. The summed E-state index contributed by atoms with van der Waals surface area (Å²) in [5.41, 5.74) is 2.59. The highest BCUT2D eigenvalue weighted by Crippen LogP contribution is 2.31. The van der Waals surface area contributed by atoms with Crippen LogP contribution in [0.4, 0.5) is 0 Å². The van der Waals surface area contributed by atoms with Crippen molar-refractivity contribution in [3.8, 4) is 0 Å². The molecule has 0 radical (unpaired) electrons. The lowest BCUT2D eigenvalue weighted by atomic mass is 9.92. The zero-order chi connectivity index (χ0) is 21.8. The summed E-state index contributed by atoms with van der Waals surface area (Å²) < 4.78 is 7.49. The molecular weight excluding hydrogens is 428 g/mol. The molecule has 31 heavy (non-hydrogen) atoms. The van der Waals surface area contributed by atoms with Crippen molar-refractivity contribution in [1.82, 2.24) is 9.88 Å². The number of ether oxygens (including phenoxy) is 1. The maximum absolute atomic E-state index is 12.4. The number of likely N-dealkylation sites (tertiary alicyclic amines) is 1. The Labute approximate surface area is 190 Å². The van der Waals surface area contributed by atoms with Crippen LogP contribution in [0.2, 0.25) is 0 Å². The van der Waals surface area contributed by atoms with Crippen molar-refractivity contribution < 1.29 is 14.3 Å². The largest absolute Gasteiger partial charge is 0.452 e. The van der Waals surface area contributed by atoms with Crippen LogP contribution in [-0.2, 0) is 15.3 Å². The number of carbonyl (C=O) groups is 2. The lowest BCUT2D eigenvalue weighted by Crippen LogP contribution is -2.44. The highest BCUT2D eigenvalue weighted by Gasteiger charge is 2.26. The topological polar surface area (TPSA) is 59.5 Å². The maximum atomic E-state index is 12.4. The van der Waals surface area contributed by atoms with Gasteiger partial charge in [-0.05, 0) is 48.1 Å². The number of amides is 1. The highest BCUT2D eigenvalue weighted by atomic mass is 32.2. The zero-order valence-electron chi connectivity index (χ0n) is 17.7. The molecule has 0 aliphatic carbocycles. The van der Waals surface area contributed by atoms with Gasteiger partial charge in [0.1, 0.15) is 0 Å². The first-order chi connectivity index (χ1) is 15.0. The van der Waals surface area contributed by atoms with Gasteiger partial charge in [-0.25, -0.2) is 9.78 Å². The molecule has 1 saturated heterocycles. The van der Waals surface area contributed by atoms with Crippen LogP contribution in [0.25, 0.3) is 10.2 Å². The first-order valence-electron chi connectivity index (χ1n) is 10.5. The molecule has 1 aliphatic rings. The van der Waals surface area contributed by atoms with E-state index in [1.165, 1.54) is 4.70 Å². The van der Waals surface area contributed by atoms with Crippen molar-refractivity contribution in [2.75, 3.05) is 19.7 Å². The van der Waals surface area contributed by atoms with Crippen LogP contribution < -0.4 is 0 Å². The average Bonchev–Trinajstić information content (AvgIpc) is 3.18. The van der Waals surface area contributed by atoms with Crippen LogP contribution in [0.5, 0.6) is 0 Å². The molecule has 2 aromatic carbocycles. The smallest absolute Gasteiger partial charge is 0.338 e. The third kappa shape index (κ3) is 5.66. The minimum atomic E-state index is -0.461. The fourth-order valence-electron chi connectivity index (χ4n) is 3.96. The lowest BCUT2D eigenvalue weighted by molar-refractivity contribution is -0.137. The molecule has 0 bridgehead atoms. The number of para-hydroxylation sites is 1. The highest BCUT2D eigenvalue weighted by molar-refractivity contribution is 8.00. The van der Waals surface area contributed by atoms with Crippen LogP contribution in [-0.4, -0.2) is 41.5 Å². The summed E-state index contributed by atoms with van der Waals surface area (Å²) in [4.78, 5) is 31.2. The average molecular weight is 455 g/mol. The van der Waals surface area contributed by atoms with Crippen LogP contribution in [0, 0.1) is 11.8 Å². The summed E-state index contributed by atoms with van der Waals surface area (Å²) in [5, 5.41) is 0. The van der Waals surface area contributed by atoms with Gasteiger partial charge in [0.05, 0.1) is 15.8 Å². The van der Waals surface area contributed by atoms with E-state index in [1.54, 1.807) is 35.2 Å². The number of thioether (sulfide) groups is 1. The number of rotatable bonds is 6. The molecule has 2 heterocycles. The summed E-state index contributed by atoms with van der Waals surface area (Å²) in [5.74, 6) is 1.17. The minimum Gasteiger partial charge on any atom is -0.452 e. The summed E-state index contributed by atoms with van der Waals surface area (Å²) in [6.45, 7) is 5.58. The summed E-state index contributed by atoms with van der Waals surface area (Å²) >= 11 is 3.37. The van der Waals surface area contributed by atoms with E-state index in [2.05, 4.69) is 24.9 Å². The van der Waals surface area contributed by atoms with Crippen LogP contribution >= 0.6 is 23.1 Å². The van der Waals surface area contributed by atoms with Gasteiger partial charge in [0.2, 0.25) is 0 Å². The molecule has 1 aliphatic heterocycles. The molecule has 162 valence electrons. The molecule has 1 fully saturated rings. The van der Waals surface area contributed by atoms with E-state index in [-0.39, 0.29) is 12.5 Å². The van der Waals surface area contributed by atoms with E-state index >= 15 is 0 Å². The number of piperidine rings is 1. The fraction of sp³-hybridized carbons (Fsp3) is 0.375. The van der Waals surface area contributed by atoms with Gasteiger partial charge in [-0.15, -0.1) is 11.3 Å². The zero-order valence-corrected chi connectivity index (χ0v) is 19.4. The fourth-order valence-corrected chi connectivity index (χ4v) is 5.99. The summed E-state index contributed by atoms with van der Waals surface area (Å²) in [7, 11) is 0. The Hall–Kier alpha value is -2.38. The van der Waals surface area contributed by atoms with Gasteiger partial charge in [0.15, 0.2) is 10.9 Å². The number of hydrogen-bond donors (Lipinski definition) is 0. The third-order valence-corrected chi connectivity index (χ3v) is 7.63. The monoisotopic (exact) mass is 454 g/mol. The molecule has 2 unspecified atom stereocenters. The second-order valence-corrected chi connectivity index (χ2v) is 10.5. The Balaban J connectivity index is 1.27.